The van der Waals surface area contributed by atoms with Gasteiger partial charge in [-0.1, -0.05) is 67.6 Å². The van der Waals surface area contributed by atoms with Gasteiger partial charge in [-0.05, 0) is 17.5 Å². The predicted molar refractivity (Wildman–Crippen MR) is 135 cm³/mol. The molecule has 39 heavy (non-hydrogen) atoms. The zero-order valence-corrected chi connectivity index (χ0v) is 21.5. The third-order valence-electron chi connectivity index (χ3n) is 5.82. The fourth-order valence-electron chi connectivity index (χ4n) is 3.60. The molecular formula is C28H30N2O9. The minimum atomic E-state index is -1.25. The average Bonchev–Trinajstić information content (AvgIpc) is 3.25. The minimum absolute atomic E-state index is 0.0533. The van der Waals surface area contributed by atoms with Gasteiger partial charge in [-0.25, -0.2) is 9.59 Å². The number of esters is 2. The Morgan fingerprint density at radius 1 is 0.821 bits per heavy atom. The molecule has 1 unspecified atom stereocenters. The highest BCUT2D eigenvalue weighted by atomic mass is 16.7. The number of amides is 3. The van der Waals surface area contributed by atoms with Crippen LogP contribution in [0.2, 0.25) is 0 Å². The van der Waals surface area contributed by atoms with Gasteiger partial charge >= 0.3 is 17.9 Å². The Morgan fingerprint density at radius 3 is 1.92 bits per heavy atom. The van der Waals surface area contributed by atoms with Gasteiger partial charge in [-0.2, -0.15) is 0 Å². The molecule has 3 rings (SSSR count). The van der Waals surface area contributed by atoms with Gasteiger partial charge in [-0.15, -0.1) is 5.06 Å². The monoisotopic (exact) mass is 538 g/mol. The summed E-state index contributed by atoms with van der Waals surface area (Å²) in [7, 11) is 0. The molecule has 206 valence electrons. The fourth-order valence-corrected chi connectivity index (χ4v) is 3.60. The van der Waals surface area contributed by atoms with Gasteiger partial charge in [-0.3, -0.25) is 19.2 Å². The molecule has 1 fully saturated rings. The largest absolute Gasteiger partial charge is 0.461 e. The zero-order chi connectivity index (χ0) is 28.2. The van der Waals surface area contributed by atoms with E-state index in [1.54, 1.807) is 36.4 Å². The van der Waals surface area contributed by atoms with Crippen molar-refractivity contribution in [1.82, 2.24) is 10.4 Å². The standard InChI is InChI=1S/C28H30N2O9/c1-19(16-26(34)37-17-20-8-4-2-5-9-20)27(35)29-22(28(36)38-18-21-10-6-3-7-11-21)12-15-25(33)39-30-23(31)13-14-24(30)32/h2-11,19,22H,12-18H2,1H3,(H,29,35)/t19?,22-/m0/s1. The van der Waals surface area contributed by atoms with Crippen LogP contribution in [0.15, 0.2) is 60.7 Å². The van der Waals surface area contributed by atoms with Gasteiger partial charge in [0.2, 0.25) is 5.91 Å². The highest BCUT2D eigenvalue weighted by Gasteiger charge is 2.33. The van der Waals surface area contributed by atoms with Gasteiger partial charge < -0.3 is 19.6 Å². The summed E-state index contributed by atoms with van der Waals surface area (Å²) in [4.78, 5) is 78.3. The lowest BCUT2D eigenvalue weighted by Gasteiger charge is -2.20. The van der Waals surface area contributed by atoms with Crippen molar-refractivity contribution < 1.29 is 43.1 Å². The summed E-state index contributed by atoms with van der Waals surface area (Å²) in [6, 6.07) is 16.7. The van der Waals surface area contributed by atoms with Crippen LogP contribution in [0.1, 0.15) is 50.2 Å². The Bertz CT molecular complexity index is 1170. The number of carbonyl (C=O) groups excluding carboxylic acids is 6. The van der Waals surface area contributed by atoms with Crippen LogP contribution in [0.3, 0.4) is 0 Å². The van der Waals surface area contributed by atoms with E-state index in [2.05, 4.69) is 5.32 Å². The summed E-state index contributed by atoms with van der Waals surface area (Å²) < 4.78 is 10.5. The van der Waals surface area contributed by atoms with Crippen LogP contribution in [0.4, 0.5) is 0 Å². The van der Waals surface area contributed by atoms with Crippen molar-refractivity contribution in [3.05, 3.63) is 71.8 Å². The Kier molecular flexibility index (Phi) is 10.7. The lowest BCUT2D eigenvalue weighted by atomic mass is 10.1. The Balaban J connectivity index is 1.55. The number of nitrogens with zero attached hydrogens (tertiary/aromatic N) is 1. The number of carbonyl (C=O) groups is 6. The van der Waals surface area contributed by atoms with E-state index in [0.29, 0.717) is 5.06 Å². The first-order valence-corrected chi connectivity index (χ1v) is 12.5. The molecule has 11 nitrogen and oxygen atoms in total. The number of hydrogen-bond donors (Lipinski definition) is 1. The number of hydroxylamine groups is 2. The average molecular weight is 539 g/mol. The summed E-state index contributed by atoms with van der Waals surface area (Å²) in [5.74, 6) is -5.04. The number of hydrogen-bond acceptors (Lipinski definition) is 9. The van der Waals surface area contributed by atoms with Crippen molar-refractivity contribution in [3.63, 3.8) is 0 Å². The number of rotatable bonds is 13. The molecule has 1 N–H and O–H groups in total. The van der Waals surface area contributed by atoms with Crippen LogP contribution in [-0.2, 0) is 56.3 Å². The van der Waals surface area contributed by atoms with Crippen molar-refractivity contribution in [2.75, 3.05) is 0 Å². The Morgan fingerprint density at radius 2 is 1.36 bits per heavy atom. The second-order valence-corrected chi connectivity index (χ2v) is 8.99. The van der Waals surface area contributed by atoms with E-state index < -0.39 is 54.0 Å². The van der Waals surface area contributed by atoms with Crippen molar-refractivity contribution in [3.8, 4) is 0 Å². The van der Waals surface area contributed by atoms with Crippen molar-refractivity contribution in [2.24, 2.45) is 5.92 Å². The molecule has 11 heteroatoms. The van der Waals surface area contributed by atoms with Crippen LogP contribution < -0.4 is 5.32 Å². The molecule has 3 amide bonds. The van der Waals surface area contributed by atoms with Crippen molar-refractivity contribution in [1.29, 1.82) is 0 Å². The smallest absolute Gasteiger partial charge is 0.333 e. The van der Waals surface area contributed by atoms with Gasteiger partial charge in [0.1, 0.15) is 19.3 Å². The molecule has 2 aromatic carbocycles. The summed E-state index contributed by atoms with van der Waals surface area (Å²) >= 11 is 0. The summed E-state index contributed by atoms with van der Waals surface area (Å²) in [5.41, 5.74) is 1.52. The first-order chi connectivity index (χ1) is 18.7. The van der Waals surface area contributed by atoms with E-state index in [1.807, 2.05) is 24.3 Å². The van der Waals surface area contributed by atoms with E-state index in [0.717, 1.165) is 11.1 Å². The van der Waals surface area contributed by atoms with Crippen LogP contribution in [-0.4, -0.2) is 46.7 Å². The van der Waals surface area contributed by atoms with Crippen LogP contribution in [0.25, 0.3) is 0 Å². The highest BCUT2D eigenvalue weighted by Crippen LogP contribution is 2.15. The SMILES string of the molecule is CC(CC(=O)OCc1ccccc1)C(=O)N[C@@H](CCC(=O)ON1C(=O)CCC1=O)C(=O)OCc1ccccc1. The van der Waals surface area contributed by atoms with Gasteiger partial charge in [0.25, 0.3) is 11.8 Å². The molecule has 0 spiro atoms. The van der Waals surface area contributed by atoms with E-state index >= 15 is 0 Å². The Labute approximate surface area is 225 Å². The maximum Gasteiger partial charge on any atom is 0.333 e. The maximum atomic E-state index is 12.8. The normalized spacial score (nSPS) is 14.3. The molecular weight excluding hydrogens is 508 g/mol. The van der Waals surface area contributed by atoms with Gasteiger partial charge in [0.05, 0.1) is 12.8 Å². The predicted octanol–water partition coefficient (Wildman–Crippen LogP) is 2.37. The topological polar surface area (TPSA) is 145 Å². The van der Waals surface area contributed by atoms with Crippen molar-refractivity contribution >= 4 is 35.6 Å². The van der Waals surface area contributed by atoms with E-state index in [1.165, 1.54) is 6.92 Å². The second kappa shape index (κ2) is 14.4. The molecule has 2 aromatic rings. The molecule has 0 aromatic heterocycles. The molecule has 0 saturated carbocycles. The molecule has 0 radical (unpaired) electrons. The van der Waals surface area contributed by atoms with Crippen LogP contribution >= 0.6 is 0 Å². The number of nitrogens with one attached hydrogen (secondary N) is 1. The molecule has 0 aliphatic carbocycles. The number of imide groups is 1. The van der Waals surface area contributed by atoms with E-state index in [-0.39, 0.29) is 38.9 Å². The van der Waals surface area contributed by atoms with E-state index in [9.17, 15) is 28.8 Å². The number of benzene rings is 2. The van der Waals surface area contributed by atoms with Crippen LogP contribution in [0.5, 0.6) is 0 Å². The first-order valence-electron chi connectivity index (χ1n) is 12.5. The molecule has 1 heterocycles. The maximum absolute atomic E-state index is 12.8. The lowest BCUT2D eigenvalue weighted by molar-refractivity contribution is -0.197. The fraction of sp³-hybridized carbons (Fsp3) is 0.357. The molecule has 1 saturated heterocycles. The molecule has 2 atom stereocenters. The molecule has 1 aliphatic heterocycles. The van der Waals surface area contributed by atoms with Gasteiger partial charge in [0, 0.05) is 18.8 Å². The van der Waals surface area contributed by atoms with E-state index in [4.69, 9.17) is 14.3 Å². The Hall–Kier alpha value is -4.54. The molecule has 1 aliphatic rings. The summed E-state index contributed by atoms with van der Waals surface area (Å²) in [6.07, 6.45) is -0.953. The summed E-state index contributed by atoms with van der Waals surface area (Å²) in [5, 5.41) is 2.93. The second-order valence-electron chi connectivity index (χ2n) is 8.99. The minimum Gasteiger partial charge on any atom is -0.461 e. The quantitative estimate of drug-likeness (QED) is 0.300. The zero-order valence-electron chi connectivity index (χ0n) is 21.5. The lowest BCUT2D eigenvalue weighted by Crippen LogP contribution is -2.45. The van der Waals surface area contributed by atoms with Crippen molar-refractivity contribution in [2.45, 2.75) is 58.3 Å². The molecule has 0 bridgehead atoms. The number of ether oxygens (including phenoxy) is 2. The third-order valence-corrected chi connectivity index (χ3v) is 5.82. The summed E-state index contributed by atoms with van der Waals surface area (Å²) in [6.45, 7) is 1.51. The highest BCUT2D eigenvalue weighted by molar-refractivity contribution is 6.01. The van der Waals surface area contributed by atoms with Gasteiger partial charge in [0.15, 0.2) is 0 Å². The van der Waals surface area contributed by atoms with Crippen LogP contribution in [0, 0.1) is 5.92 Å². The third kappa shape index (κ3) is 9.37. The first kappa shape index (κ1) is 29.0.